The van der Waals surface area contributed by atoms with Crippen LogP contribution in [-0.2, 0) is 4.74 Å². The van der Waals surface area contributed by atoms with E-state index in [-0.39, 0.29) is 11.9 Å². The number of piperidine rings is 1. The van der Waals surface area contributed by atoms with Gasteiger partial charge >= 0.3 is 6.03 Å². The monoisotopic (exact) mass is 331 g/mol. The van der Waals surface area contributed by atoms with E-state index in [1.54, 1.807) is 7.11 Å². The minimum Gasteiger partial charge on any atom is -0.440 e. The van der Waals surface area contributed by atoms with Gasteiger partial charge in [0, 0.05) is 33.4 Å². The Bertz CT molecular complexity index is 637. The normalized spacial score (nSPS) is 18.0. The number of carbonyl (C=O) groups is 1. The minimum absolute atomic E-state index is 0.00762. The third-order valence-electron chi connectivity index (χ3n) is 4.42. The Morgan fingerprint density at radius 3 is 3.12 bits per heavy atom. The number of rotatable bonds is 6. The Labute approximate surface area is 142 Å². The summed E-state index contributed by atoms with van der Waals surface area (Å²) in [4.78, 5) is 18.8. The smallest absolute Gasteiger partial charge is 0.317 e. The van der Waals surface area contributed by atoms with Crippen molar-refractivity contribution in [1.29, 1.82) is 0 Å². The molecule has 1 unspecified atom stereocenters. The van der Waals surface area contributed by atoms with Crippen LogP contribution in [0.1, 0.15) is 37.5 Å². The molecule has 6 heteroatoms. The van der Waals surface area contributed by atoms with Gasteiger partial charge in [0.15, 0.2) is 11.5 Å². The third-order valence-corrected chi connectivity index (χ3v) is 4.42. The first-order chi connectivity index (χ1) is 11.8. The highest BCUT2D eigenvalue weighted by Gasteiger charge is 2.27. The number of amides is 2. The van der Waals surface area contributed by atoms with E-state index in [9.17, 15) is 4.79 Å². The summed E-state index contributed by atoms with van der Waals surface area (Å²) in [5, 5.41) is 2.99. The van der Waals surface area contributed by atoms with Crippen molar-refractivity contribution in [2.24, 2.45) is 0 Å². The molecule has 1 aromatic carbocycles. The van der Waals surface area contributed by atoms with Crippen LogP contribution < -0.4 is 5.32 Å². The Morgan fingerprint density at radius 2 is 2.29 bits per heavy atom. The van der Waals surface area contributed by atoms with Gasteiger partial charge in [0.1, 0.15) is 5.52 Å². The highest BCUT2D eigenvalue weighted by atomic mass is 16.5. The van der Waals surface area contributed by atoms with E-state index in [2.05, 4.69) is 10.3 Å². The van der Waals surface area contributed by atoms with Crippen LogP contribution in [-0.4, -0.2) is 49.3 Å². The lowest BCUT2D eigenvalue weighted by molar-refractivity contribution is 0.172. The fraction of sp³-hybridized carbons (Fsp3) is 0.556. The molecule has 6 nitrogen and oxygen atoms in total. The zero-order valence-corrected chi connectivity index (χ0v) is 14.2. The molecule has 1 aliphatic heterocycles. The van der Waals surface area contributed by atoms with E-state index in [1.165, 1.54) is 0 Å². The van der Waals surface area contributed by atoms with E-state index < -0.39 is 0 Å². The van der Waals surface area contributed by atoms with Crippen molar-refractivity contribution in [2.45, 2.75) is 31.6 Å². The average molecular weight is 331 g/mol. The van der Waals surface area contributed by atoms with Gasteiger partial charge in [0.05, 0.1) is 5.92 Å². The first-order valence-corrected chi connectivity index (χ1v) is 8.65. The molecule has 1 aliphatic rings. The number of hydrogen-bond acceptors (Lipinski definition) is 4. The number of unbranched alkanes of at least 4 members (excludes halogenated alkanes) is 1. The molecule has 1 N–H and O–H groups in total. The molecular formula is C18H25N3O3. The summed E-state index contributed by atoms with van der Waals surface area (Å²) in [6.07, 6.45) is 3.87. The van der Waals surface area contributed by atoms with Crippen molar-refractivity contribution in [3.05, 3.63) is 30.2 Å². The number of oxazole rings is 1. The molecule has 3 rings (SSSR count). The molecule has 1 saturated heterocycles. The van der Waals surface area contributed by atoms with Gasteiger partial charge < -0.3 is 19.4 Å². The van der Waals surface area contributed by atoms with Crippen molar-refractivity contribution in [3.63, 3.8) is 0 Å². The molecule has 1 atom stereocenters. The summed E-state index contributed by atoms with van der Waals surface area (Å²) in [7, 11) is 1.69. The molecule has 2 aromatic rings. The van der Waals surface area contributed by atoms with E-state index in [0.29, 0.717) is 13.1 Å². The first-order valence-electron chi connectivity index (χ1n) is 8.65. The number of nitrogens with one attached hydrogen (secondary N) is 1. The van der Waals surface area contributed by atoms with E-state index in [4.69, 9.17) is 9.15 Å². The largest absolute Gasteiger partial charge is 0.440 e. The summed E-state index contributed by atoms with van der Waals surface area (Å²) < 4.78 is 10.9. The van der Waals surface area contributed by atoms with Gasteiger partial charge in [0.25, 0.3) is 0 Å². The summed E-state index contributed by atoms with van der Waals surface area (Å²) in [6, 6.07) is 7.79. The van der Waals surface area contributed by atoms with Gasteiger partial charge in [-0.05, 0) is 37.8 Å². The second-order valence-corrected chi connectivity index (χ2v) is 6.24. The van der Waals surface area contributed by atoms with Crippen LogP contribution in [0.3, 0.4) is 0 Å². The first kappa shape index (κ1) is 16.8. The molecule has 0 saturated carbocycles. The summed E-state index contributed by atoms with van der Waals surface area (Å²) in [6.45, 7) is 2.88. The number of likely N-dealkylation sites (tertiary alicyclic amines) is 1. The van der Waals surface area contributed by atoms with Gasteiger partial charge in [0.2, 0.25) is 0 Å². The predicted octanol–water partition coefficient (Wildman–Crippen LogP) is 3.14. The van der Waals surface area contributed by atoms with E-state index in [1.807, 2.05) is 29.2 Å². The molecule has 0 aliphatic carbocycles. The fourth-order valence-corrected chi connectivity index (χ4v) is 3.11. The van der Waals surface area contributed by atoms with Crippen molar-refractivity contribution in [2.75, 3.05) is 33.4 Å². The van der Waals surface area contributed by atoms with Crippen LogP contribution in [0.2, 0.25) is 0 Å². The van der Waals surface area contributed by atoms with Gasteiger partial charge in [-0.3, -0.25) is 0 Å². The number of hydrogen-bond donors (Lipinski definition) is 1. The lowest BCUT2D eigenvalue weighted by atomic mass is 9.98. The molecular weight excluding hydrogens is 306 g/mol. The molecule has 1 aromatic heterocycles. The lowest BCUT2D eigenvalue weighted by Gasteiger charge is -2.31. The fourth-order valence-electron chi connectivity index (χ4n) is 3.11. The van der Waals surface area contributed by atoms with Crippen LogP contribution in [0, 0.1) is 0 Å². The van der Waals surface area contributed by atoms with Gasteiger partial charge in [-0.15, -0.1) is 0 Å². The summed E-state index contributed by atoms with van der Waals surface area (Å²) >= 11 is 0. The SMILES string of the molecule is COCCCCNC(=O)N1CCCC(c2nc3ccccc3o2)C1. The van der Waals surface area contributed by atoms with Gasteiger partial charge in [-0.25, -0.2) is 9.78 Å². The predicted molar refractivity (Wildman–Crippen MR) is 92.1 cm³/mol. The zero-order valence-electron chi connectivity index (χ0n) is 14.2. The standard InChI is InChI=1S/C18H25N3O3/c1-23-12-5-4-10-19-18(22)21-11-6-7-14(13-21)17-20-15-8-2-3-9-16(15)24-17/h2-3,8-9,14H,4-7,10-13H2,1H3,(H,19,22). The van der Waals surface area contributed by atoms with Gasteiger partial charge in [-0.1, -0.05) is 12.1 Å². The molecule has 2 amide bonds. The molecule has 0 radical (unpaired) electrons. The number of ether oxygens (including phenoxy) is 1. The van der Waals surface area contributed by atoms with Crippen LogP contribution in [0.15, 0.2) is 28.7 Å². The Kier molecular flexibility index (Phi) is 5.69. The highest BCUT2D eigenvalue weighted by molar-refractivity contribution is 5.74. The second-order valence-electron chi connectivity index (χ2n) is 6.24. The van der Waals surface area contributed by atoms with Crippen LogP contribution in [0.25, 0.3) is 11.1 Å². The van der Waals surface area contributed by atoms with Crippen LogP contribution >= 0.6 is 0 Å². The van der Waals surface area contributed by atoms with Crippen molar-refractivity contribution < 1.29 is 13.9 Å². The van der Waals surface area contributed by atoms with Crippen molar-refractivity contribution in [1.82, 2.24) is 15.2 Å². The summed E-state index contributed by atoms with van der Waals surface area (Å²) in [5.41, 5.74) is 1.69. The molecule has 1 fully saturated rings. The molecule has 130 valence electrons. The van der Waals surface area contributed by atoms with Crippen LogP contribution in [0.4, 0.5) is 4.79 Å². The Balaban J connectivity index is 1.54. The highest BCUT2D eigenvalue weighted by Crippen LogP contribution is 2.28. The number of benzene rings is 1. The summed E-state index contributed by atoms with van der Waals surface area (Å²) in [5.74, 6) is 0.916. The Hall–Kier alpha value is -2.08. The molecule has 0 bridgehead atoms. The quantitative estimate of drug-likeness (QED) is 0.826. The molecule has 2 heterocycles. The number of urea groups is 1. The number of carbonyl (C=O) groups excluding carboxylic acids is 1. The maximum atomic E-state index is 12.3. The minimum atomic E-state index is 0.00762. The van der Waals surface area contributed by atoms with Crippen molar-refractivity contribution >= 4 is 17.1 Å². The number of nitrogens with zero attached hydrogens (tertiary/aromatic N) is 2. The molecule has 0 spiro atoms. The third kappa shape index (κ3) is 4.06. The zero-order chi connectivity index (χ0) is 16.8. The van der Waals surface area contributed by atoms with Crippen molar-refractivity contribution in [3.8, 4) is 0 Å². The number of para-hydroxylation sites is 2. The number of methoxy groups -OCH3 is 1. The van der Waals surface area contributed by atoms with Crippen LogP contribution in [0.5, 0.6) is 0 Å². The van der Waals surface area contributed by atoms with Gasteiger partial charge in [-0.2, -0.15) is 0 Å². The van der Waals surface area contributed by atoms with E-state index in [0.717, 1.165) is 55.8 Å². The number of aromatic nitrogens is 1. The lowest BCUT2D eigenvalue weighted by Crippen LogP contribution is -2.45. The topological polar surface area (TPSA) is 67.6 Å². The second kappa shape index (κ2) is 8.15. The maximum Gasteiger partial charge on any atom is 0.317 e. The molecule has 24 heavy (non-hydrogen) atoms. The maximum absolute atomic E-state index is 12.3. The van der Waals surface area contributed by atoms with E-state index >= 15 is 0 Å². The average Bonchev–Trinajstić information content (AvgIpc) is 3.06. The number of fused-ring (bicyclic) bond motifs is 1. The Morgan fingerprint density at radius 1 is 1.42 bits per heavy atom.